The van der Waals surface area contributed by atoms with Crippen LogP contribution in [0.15, 0.2) is 53.1 Å². The summed E-state index contributed by atoms with van der Waals surface area (Å²) in [5, 5.41) is 13.1. The van der Waals surface area contributed by atoms with Gasteiger partial charge in [-0.1, -0.05) is 47.1 Å². The number of carboxylic acid groups (broad SMARTS) is 1. The highest BCUT2D eigenvalue weighted by Crippen LogP contribution is 2.25. The van der Waals surface area contributed by atoms with Crippen molar-refractivity contribution < 1.29 is 14.4 Å². The maximum atomic E-state index is 11.2. The second kappa shape index (κ2) is 5.20. The molecule has 2 aromatic carbocycles. The van der Waals surface area contributed by atoms with Crippen molar-refractivity contribution in [2.45, 2.75) is 6.92 Å². The van der Waals surface area contributed by atoms with E-state index in [0.29, 0.717) is 11.4 Å². The van der Waals surface area contributed by atoms with E-state index >= 15 is 0 Å². The van der Waals surface area contributed by atoms with E-state index in [1.54, 1.807) is 18.2 Å². The van der Waals surface area contributed by atoms with Gasteiger partial charge in [-0.25, -0.2) is 4.79 Å². The Morgan fingerprint density at radius 1 is 1.10 bits per heavy atom. The van der Waals surface area contributed by atoms with Crippen LogP contribution in [0.5, 0.6) is 0 Å². The molecule has 0 spiro atoms. The average Bonchev–Trinajstić information content (AvgIpc) is 2.97. The molecular weight excluding hydrogens is 268 g/mol. The van der Waals surface area contributed by atoms with Gasteiger partial charge in [0.25, 0.3) is 5.89 Å². The van der Waals surface area contributed by atoms with E-state index in [-0.39, 0.29) is 11.5 Å². The van der Waals surface area contributed by atoms with Crippen molar-refractivity contribution >= 4 is 5.97 Å². The number of hydrogen-bond acceptors (Lipinski definition) is 4. The summed E-state index contributed by atoms with van der Waals surface area (Å²) >= 11 is 0. The number of nitrogens with zero attached hydrogens (tertiary/aromatic N) is 2. The topological polar surface area (TPSA) is 76.2 Å². The van der Waals surface area contributed by atoms with Crippen LogP contribution in [0.1, 0.15) is 15.9 Å². The van der Waals surface area contributed by atoms with Gasteiger partial charge in [-0.05, 0) is 19.1 Å². The molecule has 3 rings (SSSR count). The molecule has 1 aromatic heterocycles. The second-order valence-electron chi connectivity index (χ2n) is 4.64. The zero-order chi connectivity index (χ0) is 14.8. The monoisotopic (exact) mass is 280 g/mol. The minimum absolute atomic E-state index is 0.136. The molecule has 5 heteroatoms. The quantitative estimate of drug-likeness (QED) is 0.795. The van der Waals surface area contributed by atoms with Gasteiger partial charge >= 0.3 is 5.97 Å². The van der Waals surface area contributed by atoms with Gasteiger partial charge in [0.05, 0.1) is 11.1 Å². The molecular formula is C16H12N2O3. The minimum atomic E-state index is -1.03. The van der Waals surface area contributed by atoms with E-state index < -0.39 is 5.97 Å². The largest absolute Gasteiger partial charge is 0.478 e. The lowest BCUT2D eigenvalue weighted by Crippen LogP contribution is -1.99. The Balaban J connectivity index is 2.03. The number of carbonyl (C=O) groups is 1. The van der Waals surface area contributed by atoms with Gasteiger partial charge in [-0.2, -0.15) is 4.98 Å². The highest BCUT2D eigenvalue weighted by Gasteiger charge is 2.17. The second-order valence-corrected chi connectivity index (χ2v) is 4.64. The van der Waals surface area contributed by atoms with Crippen LogP contribution in [0.3, 0.4) is 0 Å². The summed E-state index contributed by atoms with van der Waals surface area (Å²) in [6, 6.07) is 14.2. The Bertz CT molecular complexity index is 791. The standard InChI is InChI=1S/C16H12N2O3/c1-10-6-8-11(9-7-10)14-17-15(21-18-14)12-4-2-3-5-13(12)16(19)20/h2-9H,1H3,(H,19,20). The molecule has 104 valence electrons. The van der Waals surface area contributed by atoms with Gasteiger partial charge in [0.15, 0.2) is 0 Å². The van der Waals surface area contributed by atoms with E-state index in [4.69, 9.17) is 4.52 Å². The van der Waals surface area contributed by atoms with E-state index in [2.05, 4.69) is 10.1 Å². The first-order valence-corrected chi connectivity index (χ1v) is 6.38. The number of hydrogen-bond donors (Lipinski definition) is 1. The first kappa shape index (κ1) is 13.1. The first-order chi connectivity index (χ1) is 10.1. The third-order valence-corrected chi connectivity index (χ3v) is 3.12. The van der Waals surface area contributed by atoms with Crippen molar-refractivity contribution in [1.29, 1.82) is 0 Å². The van der Waals surface area contributed by atoms with Crippen molar-refractivity contribution in [3.8, 4) is 22.8 Å². The van der Waals surface area contributed by atoms with Gasteiger partial charge in [-0.15, -0.1) is 0 Å². The number of benzene rings is 2. The number of aromatic carboxylic acids is 1. The predicted octanol–water partition coefficient (Wildman–Crippen LogP) is 3.41. The molecule has 0 radical (unpaired) electrons. The Morgan fingerprint density at radius 2 is 1.81 bits per heavy atom. The van der Waals surface area contributed by atoms with Gasteiger partial charge in [0.2, 0.25) is 5.82 Å². The maximum Gasteiger partial charge on any atom is 0.336 e. The van der Waals surface area contributed by atoms with Crippen molar-refractivity contribution in [1.82, 2.24) is 10.1 Å². The molecule has 3 aromatic rings. The van der Waals surface area contributed by atoms with Crippen molar-refractivity contribution in [3.05, 3.63) is 59.7 Å². The zero-order valence-electron chi connectivity index (χ0n) is 11.3. The summed E-state index contributed by atoms with van der Waals surface area (Å²) in [6.45, 7) is 1.99. The van der Waals surface area contributed by atoms with Crippen LogP contribution in [0.25, 0.3) is 22.8 Å². The Labute approximate surface area is 120 Å². The minimum Gasteiger partial charge on any atom is -0.478 e. The molecule has 21 heavy (non-hydrogen) atoms. The SMILES string of the molecule is Cc1ccc(-c2noc(-c3ccccc3C(=O)O)n2)cc1. The molecule has 0 aliphatic rings. The maximum absolute atomic E-state index is 11.2. The van der Waals surface area contributed by atoms with E-state index in [1.165, 1.54) is 6.07 Å². The molecule has 0 aliphatic heterocycles. The van der Waals surface area contributed by atoms with Crippen molar-refractivity contribution in [3.63, 3.8) is 0 Å². The third kappa shape index (κ3) is 2.53. The van der Waals surface area contributed by atoms with E-state index in [9.17, 15) is 9.90 Å². The molecule has 0 fully saturated rings. The van der Waals surface area contributed by atoms with Gasteiger partial charge in [0.1, 0.15) is 0 Å². The zero-order valence-corrected chi connectivity index (χ0v) is 11.3. The average molecular weight is 280 g/mol. The molecule has 0 saturated heterocycles. The number of aromatic nitrogens is 2. The smallest absolute Gasteiger partial charge is 0.336 e. The summed E-state index contributed by atoms with van der Waals surface area (Å²) in [6.07, 6.45) is 0. The fourth-order valence-electron chi connectivity index (χ4n) is 2.01. The third-order valence-electron chi connectivity index (χ3n) is 3.12. The Kier molecular flexibility index (Phi) is 3.23. The molecule has 1 N–H and O–H groups in total. The first-order valence-electron chi connectivity index (χ1n) is 6.38. The summed E-state index contributed by atoms with van der Waals surface area (Å²) < 4.78 is 5.20. The fraction of sp³-hybridized carbons (Fsp3) is 0.0625. The van der Waals surface area contributed by atoms with E-state index in [0.717, 1.165) is 11.1 Å². The lowest BCUT2D eigenvalue weighted by molar-refractivity contribution is 0.0697. The molecule has 1 heterocycles. The number of rotatable bonds is 3. The van der Waals surface area contributed by atoms with Crippen LogP contribution in [0.2, 0.25) is 0 Å². The lowest BCUT2D eigenvalue weighted by Gasteiger charge is -1.99. The van der Waals surface area contributed by atoms with Gasteiger partial charge in [-0.3, -0.25) is 0 Å². The highest BCUT2D eigenvalue weighted by atomic mass is 16.5. The molecule has 0 aliphatic carbocycles. The van der Waals surface area contributed by atoms with Crippen LogP contribution >= 0.6 is 0 Å². The van der Waals surface area contributed by atoms with Crippen molar-refractivity contribution in [2.75, 3.05) is 0 Å². The summed E-state index contributed by atoms with van der Waals surface area (Å²) in [4.78, 5) is 15.5. The molecule has 0 atom stereocenters. The van der Waals surface area contributed by atoms with E-state index in [1.807, 2.05) is 31.2 Å². The van der Waals surface area contributed by atoms with Crippen LogP contribution in [0.4, 0.5) is 0 Å². The summed E-state index contributed by atoms with van der Waals surface area (Å²) in [5.74, 6) is -0.394. The number of aryl methyl sites for hydroxylation is 1. The molecule has 0 unspecified atom stereocenters. The highest BCUT2D eigenvalue weighted by molar-refractivity contribution is 5.94. The van der Waals surface area contributed by atoms with Crippen LogP contribution in [-0.2, 0) is 0 Å². The summed E-state index contributed by atoms with van der Waals surface area (Å²) in [7, 11) is 0. The predicted molar refractivity (Wildman–Crippen MR) is 76.9 cm³/mol. The number of carboxylic acids is 1. The molecule has 5 nitrogen and oxygen atoms in total. The summed E-state index contributed by atoms with van der Waals surface area (Å²) in [5.41, 5.74) is 2.51. The molecule has 0 saturated carbocycles. The lowest BCUT2D eigenvalue weighted by atomic mass is 10.1. The van der Waals surface area contributed by atoms with Crippen molar-refractivity contribution in [2.24, 2.45) is 0 Å². The fourth-order valence-corrected chi connectivity index (χ4v) is 2.01. The van der Waals surface area contributed by atoms with Crippen LogP contribution in [-0.4, -0.2) is 21.2 Å². The van der Waals surface area contributed by atoms with Crippen LogP contribution in [0, 0.1) is 6.92 Å². The van der Waals surface area contributed by atoms with Gasteiger partial charge < -0.3 is 9.63 Å². The Hall–Kier alpha value is -2.95. The molecule has 0 bridgehead atoms. The Morgan fingerprint density at radius 3 is 2.52 bits per heavy atom. The normalized spacial score (nSPS) is 10.5. The molecule has 0 amide bonds. The van der Waals surface area contributed by atoms with Gasteiger partial charge in [0, 0.05) is 5.56 Å². The van der Waals surface area contributed by atoms with Crippen LogP contribution < -0.4 is 0 Å².